The highest BCUT2D eigenvalue weighted by Gasteiger charge is 2.22. The first kappa shape index (κ1) is 23.0. The molecule has 2 aromatic rings. The lowest BCUT2D eigenvalue weighted by atomic mass is 10.0. The molecule has 2 unspecified atom stereocenters. The van der Waals surface area contributed by atoms with Crippen LogP contribution in [-0.4, -0.2) is 23.1 Å². The molecule has 27 heavy (non-hydrogen) atoms. The Hall–Kier alpha value is -2.07. The maximum atomic E-state index is 12.3. The van der Waals surface area contributed by atoms with Gasteiger partial charge in [0, 0.05) is 11.7 Å². The van der Waals surface area contributed by atoms with Crippen LogP contribution in [0.4, 0.5) is 0 Å². The second kappa shape index (κ2) is 11.6. The molecule has 0 aliphatic carbocycles. The third-order valence-electron chi connectivity index (χ3n) is 4.37. The van der Waals surface area contributed by atoms with Crippen molar-refractivity contribution in [1.29, 1.82) is 0 Å². The molecule has 0 bridgehead atoms. The Morgan fingerprint density at radius 1 is 1.26 bits per heavy atom. The van der Waals surface area contributed by atoms with Gasteiger partial charge in [-0.25, -0.2) is 4.79 Å². The van der Waals surface area contributed by atoms with Gasteiger partial charge < -0.3 is 13.9 Å². The van der Waals surface area contributed by atoms with Crippen molar-refractivity contribution in [3.8, 4) is 0 Å². The van der Waals surface area contributed by atoms with Crippen molar-refractivity contribution in [2.75, 3.05) is 6.61 Å². The molecule has 0 amide bonds. The molecule has 4 heteroatoms. The molecule has 0 saturated heterocycles. The fourth-order valence-electron chi connectivity index (χ4n) is 3.12. The van der Waals surface area contributed by atoms with Crippen molar-refractivity contribution in [2.45, 2.75) is 73.5 Å². The van der Waals surface area contributed by atoms with Crippen LogP contribution in [0.5, 0.6) is 0 Å². The SMILES string of the molecule is CC.CC/C=C\C(CC)OC(C)c1c(C)c(C(=O)OCC)cc2cccn12. The number of esters is 1. The molecule has 0 N–H and O–H groups in total. The quantitative estimate of drug-likeness (QED) is 0.404. The van der Waals surface area contributed by atoms with Crippen LogP contribution >= 0.6 is 0 Å². The molecule has 0 saturated carbocycles. The van der Waals surface area contributed by atoms with E-state index in [9.17, 15) is 4.79 Å². The summed E-state index contributed by atoms with van der Waals surface area (Å²) in [6.07, 6.45) is 8.08. The molecule has 150 valence electrons. The van der Waals surface area contributed by atoms with Crippen molar-refractivity contribution in [1.82, 2.24) is 4.40 Å². The lowest BCUT2D eigenvalue weighted by molar-refractivity contribution is 0.0180. The van der Waals surface area contributed by atoms with Crippen LogP contribution in [0, 0.1) is 6.92 Å². The number of hydrogen-bond donors (Lipinski definition) is 0. The highest BCUT2D eigenvalue weighted by Crippen LogP contribution is 2.28. The third-order valence-corrected chi connectivity index (χ3v) is 4.37. The van der Waals surface area contributed by atoms with Crippen LogP contribution in [0.25, 0.3) is 5.52 Å². The highest BCUT2D eigenvalue weighted by atomic mass is 16.5. The zero-order chi connectivity index (χ0) is 20.4. The first-order valence-corrected chi connectivity index (χ1v) is 10.1. The molecule has 2 heterocycles. The molecule has 0 spiro atoms. The zero-order valence-electron chi connectivity index (χ0n) is 17.9. The number of hydrogen-bond acceptors (Lipinski definition) is 3. The Balaban J connectivity index is 0.00000176. The molecule has 0 aromatic carbocycles. The van der Waals surface area contributed by atoms with Crippen molar-refractivity contribution in [3.63, 3.8) is 0 Å². The summed E-state index contributed by atoms with van der Waals surface area (Å²) in [6, 6.07) is 5.86. The Bertz CT molecular complexity index is 745. The number of fused-ring (bicyclic) bond motifs is 1. The van der Waals surface area contributed by atoms with E-state index in [1.807, 2.05) is 59.0 Å². The molecule has 2 atom stereocenters. The Morgan fingerprint density at radius 2 is 1.96 bits per heavy atom. The lowest BCUT2D eigenvalue weighted by Gasteiger charge is -2.23. The van der Waals surface area contributed by atoms with E-state index in [2.05, 4.69) is 30.4 Å². The highest BCUT2D eigenvalue weighted by molar-refractivity contribution is 5.92. The minimum atomic E-state index is -0.282. The van der Waals surface area contributed by atoms with Crippen LogP contribution in [-0.2, 0) is 9.47 Å². The summed E-state index contributed by atoms with van der Waals surface area (Å²) in [5, 5.41) is 0. The van der Waals surface area contributed by atoms with E-state index in [4.69, 9.17) is 9.47 Å². The van der Waals surface area contributed by atoms with Gasteiger partial charge in [0.15, 0.2) is 0 Å². The standard InChI is InChI=1S/C21H29NO3.C2H6/c1-6-9-12-18(7-2)25-16(5)20-15(4)19(21(23)24-8-3)14-17-11-10-13-22(17)20;1-2/h9-14,16,18H,6-8H2,1-5H3;1-2H3/b12-9-;. The van der Waals surface area contributed by atoms with Gasteiger partial charge in [-0.3, -0.25) is 0 Å². The molecule has 0 aliphatic rings. The summed E-state index contributed by atoms with van der Waals surface area (Å²) in [6.45, 7) is 14.4. The second-order valence-electron chi connectivity index (χ2n) is 6.15. The number of allylic oxidation sites excluding steroid dienone is 1. The summed E-state index contributed by atoms with van der Waals surface area (Å²) < 4.78 is 13.6. The summed E-state index contributed by atoms with van der Waals surface area (Å²) in [5.74, 6) is -0.282. The Labute approximate surface area is 164 Å². The van der Waals surface area contributed by atoms with Gasteiger partial charge in [0.25, 0.3) is 0 Å². The molecule has 0 aliphatic heterocycles. The van der Waals surface area contributed by atoms with E-state index in [1.54, 1.807) is 0 Å². The van der Waals surface area contributed by atoms with Crippen LogP contribution in [0.1, 0.15) is 82.1 Å². The van der Waals surface area contributed by atoms with Gasteiger partial charge in [0.2, 0.25) is 0 Å². The van der Waals surface area contributed by atoms with Gasteiger partial charge in [-0.15, -0.1) is 0 Å². The van der Waals surface area contributed by atoms with Crippen molar-refractivity contribution in [2.24, 2.45) is 0 Å². The molecular weight excluding hydrogens is 338 g/mol. The topological polar surface area (TPSA) is 39.9 Å². The number of carbonyl (C=O) groups is 1. The second-order valence-corrected chi connectivity index (χ2v) is 6.15. The summed E-state index contributed by atoms with van der Waals surface area (Å²) >= 11 is 0. The molecule has 4 nitrogen and oxygen atoms in total. The molecular formula is C23H35NO3. The van der Waals surface area contributed by atoms with Crippen molar-refractivity contribution >= 4 is 11.5 Å². The number of rotatable bonds is 8. The predicted molar refractivity (Wildman–Crippen MR) is 112 cm³/mol. The smallest absolute Gasteiger partial charge is 0.338 e. The summed E-state index contributed by atoms with van der Waals surface area (Å²) in [5.41, 5.74) is 3.48. The first-order chi connectivity index (χ1) is 13.0. The molecule has 2 aromatic heterocycles. The molecule has 2 rings (SSSR count). The van der Waals surface area contributed by atoms with Crippen LogP contribution in [0.2, 0.25) is 0 Å². The van der Waals surface area contributed by atoms with E-state index < -0.39 is 0 Å². The Morgan fingerprint density at radius 3 is 2.56 bits per heavy atom. The first-order valence-electron chi connectivity index (χ1n) is 10.1. The number of nitrogens with zero attached hydrogens (tertiary/aromatic N) is 1. The maximum Gasteiger partial charge on any atom is 0.338 e. The fourth-order valence-corrected chi connectivity index (χ4v) is 3.12. The van der Waals surface area contributed by atoms with Crippen molar-refractivity contribution in [3.05, 3.63) is 53.4 Å². The van der Waals surface area contributed by atoms with Crippen LogP contribution in [0.3, 0.4) is 0 Å². The van der Waals surface area contributed by atoms with E-state index in [0.29, 0.717) is 12.2 Å². The normalized spacial score (nSPS) is 13.3. The van der Waals surface area contributed by atoms with Crippen LogP contribution < -0.4 is 0 Å². The number of carbonyl (C=O) groups excluding carboxylic acids is 1. The average molecular weight is 374 g/mol. The largest absolute Gasteiger partial charge is 0.462 e. The van der Waals surface area contributed by atoms with E-state index in [-0.39, 0.29) is 18.2 Å². The molecule has 0 radical (unpaired) electrons. The fraction of sp³-hybridized carbons (Fsp3) is 0.522. The van der Waals surface area contributed by atoms with Gasteiger partial charge in [0.05, 0.1) is 30.1 Å². The minimum absolute atomic E-state index is 0.0613. The van der Waals surface area contributed by atoms with Gasteiger partial charge in [-0.2, -0.15) is 0 Å². The molecule has 0 fully saturated rings. The van der Waals surface area contributed by atoms with Gasteiger partial charge >= 0.3 is 5.97 Å². The number of pyridine rings is 1. The zero-order valence-corrected chi connectivity index (χ0v) is 17.9. The maximum absolute atomic E-state index is 12.3. The number of aromatic nitrogens is 1. The van der Waals surface area contributed by atoms with E-state index in [0.717, 1.165) is 29.6 Å². The average Bonchev–Trinajstić information content (AvgIpc) is 3.14. The van der Waals surface area contributed by atoms with Gasteiger partial charge in [0.1, 0.15) is 0 Å². The van der Waals surface area contributed by atoms with E-state index >= 15 is 0 Å². The third kappa shape index (κ3) is 5.70. The number of ether oxygens (including phenoxy) is 2. The lowest BCUT2D eigenvalue weighted by Crippen LogP contribution is -2.17. The summed E-state index contributed by atoms with van der Waals surface area (Å²) in [4.78, 5) is 12.3. The summed E-state index contributed by atoms with van der Waals surface area (Å²) in [7, 11) is 0. The van der Waals surface area contributed by atoms with Crippen molar-refractivity contribution < 1.29 is 14.3 Å². The van der Waals surface area contributed by atoms with Gasteiger partial charge in [-0.05, 0) is 57.4 Å². The predicted octanol–water partition coefficient (Wildman–Crippen LogP) is 6.27. The Kier molecular flexibility index (Phi) is 9.87. The van der Waals surface area contributed by atoms with E-state index in [1.165, 1.54) is 0 Å². The minimum Gasteiger partial charge on any atom is -0.462 e. The monoisotopic (exact) mass is 373 g/mol. The van der Waals surface area contributed by atoms with Crippen LogP contribution in [0.15, 0.2) is 36.5 Å². The van der Waals surface area contributed by atoms with Gasteiger partial charge in [-0.1, -0.05) is 39.8 Å².